The molecule has 0 spiro atoms. The number of rotatable bonds is 6. The SMILES string of the molecule is C=Cc1ccccc1C1=CC=CN(c2nnc(OCc3ccc(Cl)cc3)s2)C1. The third-order valence-corrected chi connectivity index (χ3v) is 5.47. The molecule has 0 atom stereocenters. The van der Waals surface area contributed by atoms with Gasteiger partial charge in [-0.2, -0.15) is 0 Å². The summed E-state index contributed by atoms with van der Waals surface area (Å²) in [5.41, 5.74) is 4.53. The van der Waals surface area contributed by atoms with Crippen molar-refractivity contribution in [1.82, 2.24) is 10.2 Å². The van der Waals surface area contributed by atoms with Crippen molar-refractivity contribution in [1.29, 1.82) is 0 Å². The molecule has 2 heterocycles. The van der Waals surface area contributed by atoms with Gasteiger partial charge in [0.15, 0.2) is 0 Å². The van der Waals surface area contributed by atoms with Crippen LogP contribution in [0.2, 0.25) is 5.02 Å². The Labute approximate surface area is 173 Å². The van der Waals surface area contributed by atoms with Gasteiger partial charge in [0.1, 0.15) is 6.61 Å². The number of nitrogens with zero attached hydrogens (tertiary/aromatic N) is 3. The molecule has 1 aliphatic heterocycles. The zero-order chi connectivity index (χ0) is 19.3. The molecule has 0 N–H and O–H groups in total. The van der Waals surface area contributed by atoms with E-state index < -0.39 is 0 Å². The number of halogens is 1. The second-order valence-electron chi connectivity index (χ2n) is 6.22. The van der Waals surface area contributed by atoms with E-state index in [4.69, 9.17) is 16.3 Å². The lowest BCUT2D eigenvalue weighted by Crippen LogP contribution is -2.20. The summed E-state index contributed by atoms with van der Waals surface area (Å²) < 4.78 is 5.77. The van der Waals surface area contributed by atoms with Crippen molar-refractivity contribution in [3.05, 3.63) is 95.2 Å². The Morgan fingerprint density at radius 1 is 1.14 bits per heavy atom. The van der Waals surface area contributed by atoms with Gasteiger partial charge in [-0.3, -0.25) is 0 Å². The molecule has 1 aromatic heterocycles. The minimum absolute atomic E-state index is 0.430. The fourth-order valence-corrected chi connectivity index (χ4v) is 3.73. The van der Waals surface area contributed by atoms with Crippen LogP contribution in [-0.2, 0) is 6.61 Å². The third kappa shape index (κ3) is 4.16. The van der Waals surface area contributed by atoms with Crippen molar-refractivity contribution < 1.29 is 4.74 Å². The van der Waals surface area contributed by atoms with Gasteiger partial charge in [-0.15, -0.1) is 5.10 Å². The third-order valence-electron chi connectivity index (χ3n) is 4.35. The van der Waals surface area contributed by atoms with Crippen molar-refractivity contribution in [2.45, 2.75) is 6.61 Å². The van der Waals surface area contributed by atoms with Crippen molar-refractivity contribution in [2.75, 3.05) is 11.4 Å². The monoisotopic (exact) mass is 407 g/mol. The minimum atomic E-state index is 0.430. The first-order valence-corrected chi connectivity index (χ1v) is 9.99. The highest BCUT2D eigenvalue weighted by Crippen LogP contribution is 2.31. The molecule has 0 amide bonds. The van der Waals surface area contributed by atoms with Gasteiger partial charge in [-0.1, -0.05) is 71.8 Å². The van der Waals surface area contributed by atoms with Gasteiger partial charge >= 0.3 is 0 Å². The molecule has 2 aromatic carbocycles. The quantitative estimate of drug-likeness (QED) is 0.515. The summed E-state index contributed by atoms with van der Waals surface area (Å²) >= 11 is 7.34. The Morgan fingerprint density at radius 2 is 1.96 bits per heavy atom. The Balaban J connectivity index is 1.44. The summed E-state index contributed by atoms with van der Waals surface area (Å²) in [4.78, 5) is 2.07. The molecule has 0 saturated carbocycles. The number of allylic oxidation sites excluding steroid dienone is 2. The Hall–Kier alpha value is -2.89. The second kappa shape index (κ2) is 8.42. The predicted molar refractivity (Wildman–Crippen MR) is 117 cm³/mol. The molecule has 4 nitrogen and oxygen atoms in total. The Kier molecular flexibility index (Phi) is 5.55. The van der Waals surface area contributed by atoms with Crippen LogP contribution in [0.4, 0.5) is 5.13 Å². The summed E-state index contributed by atoms with van der Waals surface area (Å²) in [5, 5.41) is 10.5. The van der Waals surface area contributed by atoms with Crippen LogP contribution in [0.15, 0.2) is 73.5 Å². The molecule has 6 heteroatoms. The lowest BCUT2D eigenvalue weighted by Gasteiger charge is -2.22. The first-order valence-electron chi connectivity index (χ1n) is 8.79. The Bertz CT molecular complexity index is 1040. The largest absolute Gasteiger partial charge is 0.464 e. The fraction of sp³-hybridized carbons (Fsp3) is 0.0909. The van der Waals surface area contributed by atoms with Crippen LogP contribution < -0.4 is 9.64 Å². The van der Waals surface area contributed by atoms with Gasteiger partial charge in [0.05, 0.1) is 6.54 Å². The molecule has 4 rings (SSSR count). The molecular formula is C22H18ClN3OS. The van der Waals surface area contributed by atoms with Gasteiger partial charge in [-0.05, 0) is 51.8 Å². The van der Waals surface area contributed by atoms with E-state index in [2.05, 4.69) is 39.9 Å². The molecule has 0 saturated heterocycles. The number of hydrogen-bond donors (Lipinski definition) is 0. The highest BCUT2D eigenvalue weighted by molar-refractivity contribution is 7.17. The standard InChI is InChI=1S/C22H18ClN3OS/c1-2-17-6-3-4-8-20(17)18-7-5-13-26(14-18)21-24-25-22(28-21)27-15-16-9-11-19(23)12-10-16/h2-13H,1,14-15H2. The van der Waals surface area contributed by atoms with E-state index in [1.807, 2.05) is 54.8 Å². The van der Waals surface area contributed by atoms with Crippen LogP contribution in [0.3, 0.4) is 0 Å². The van der Waals surface area contributed by atoms with Crippen LogP contribution >= 0.6 is 22.9 Å². The number of hydrogen-bond acceptors (Lipinski definition) is 5. The van der Waals surface area contributed by atoms with E-state index in [0.29, 0.717) is 23.4 Å². The van der Waals surface area contributed by atoms with Crippen molar-refractivity contribution in [2.24, 2.45) is 0 Å². The van der Waals surface area contributed by atoms with E-state index in [1.54, 1.807) is 0 Å². The van der Waals surface area contributed by atoms with E-state index in [1.165, 1.54) is 22.5 Å². The smallest absolute Gasteiger partial charge is 0.296 e. The molecule has 140 valence electrons. The summed E-state index contributed by atoms with van der Waals surface area (Å²) in [6.07, 6.45) is 8.03. The van der Waals surface area contributed by atoms with Crippen LogP contribution in [0.1, 0.15) is 16.7 Å². The molecule has 0 aliphatic carbocycles. The average Bonchev–Trinajstić information content (AvgIpc) is 3.22. The predicted octanol–water partition coefficient (Wildman–Crippen LogP) is 5.83. The molecule has 1 aliphatic rings. The summed E-state index contributed by atoms with van der Waals surface area (Å²) in [7, 11) is 0. The first kappa shape index (κ1) is 18.5. The normalized spacial score (nSPS) is 13.3. The first-order chi connectivity index (χ1) is 13.7. The highest BCUT2D eigenvalue weighted by atomic mass is 35.5. The maximum atomic E-state index is 5.91. The summed E-state index contributed by atoms with van der Waals surface area (Å²) in [5.74, 6) is 0. The van der Waals surface area contributed by atoms with Crippen LogP contribution in [-0.4, -0.2) is 16.7 Å². The van der Waals surface area contributed by atoms with Crippen LogP contribution in [0.5, 0.6) is 5.19 Å². The molecular weight excluding hydrogens is 390 g/mol. The Morgan fingerprint density at radius 3 is 2.79 bits per heavy atom. The molecule has 0 bridgehead atoms. The van der Waals surface area contributed by atoms with Gasteiger partial charge in [0, 0.05) is 11.2 Å². The van der Waals surface area contributed by atoms with Gasteiger partial charge in [-0.25, -0.2) is 0 Å². The van der Waals surface area contributed by atoms with E-state index in [0.717, 1.165) is 16.3 Å². The molecule has 0 radical (unpaired) electrons. The average molecular weight is 408 g/mol. The van der Waals surface area contributed by atoms with Crippen molar-refractivity contribution >= 4 is 39.7 Å². The number of benzene rings is 2. The minimum Gasteiger partial charge on any atom is -0.464 e. The van der Waals surface area contributed by atoms with Gasteiger partial charge < -0.3 is 9.64 Å². The van der Waals surface area contributed by atoms with Crippen molar-refractivity contribution in [3.63, 3.8) is 0 Å². The van der Waals surface area contributed by atoms with E-state index in [-0.39, 0.29) is 0 Å². The fourth-order valence-electron chi connectivity index (χ4n) is 2.93. The maximum Gasteiger partial charge on any atom is 0.296 e. The van der Waals surface area contributed by atoms with Crippen LogP contribution in [0.25, 0.3) is 11.6 Å². The highest BCUT2D eigenvalue weighted by Gasteiger charge is 2.17. The lowest BCUT2D eigenvalue weighted by molar-refractivity contribution is 0.302. The summed E-state index contributed by atoms with van der Waals surface area (Å²) in [6, 6.07) is 15.8. The zero-order valence-electron chi connectivity index (χ0n) is 15.1. The lowest BCUT2D eigenvalue weighted by atomic mass is 9.98. The van der Waals surface area contributed by atoms with Crippen LogP contribution in [0, 0.1) is 0 Å². The zero-order valence-corrected chi connectivity index (χ0v) is 16.7. The summed E-state index contributed by atoms with van der Waals surface area (Å²) in [6.45, 7) is 5.06. The number of aromatic nitrogens is 2. The van der Waals surface area contributed by atoms with Gasteiger partial charge in [0.2, 0.25) is 5.13 Å². The van der Waals surface area contributed by atoms with Gasteiger partial charge in [0.25, 0.3) is 5.19 Å². The van der Waals surface area contributed by atoms with E-state index >= 15 is 0 Å². The molecule has 0 unspecified atom stereocenters. The second-order valence-corrected chi connectivity index (χ2v) is 7.57. The maximum absolute atomic E-state index is 5.91. The molecule has 0 fully saturated rings. The van der Waals surface area contributed by atoms with E-state index in [9.17, 15) is 0 Å². The molecule has 3 aromatic rings. The van der Waals surface area contributed by atoms with Crippen molar-refractivity contribution in [3.8, 4) is 5.19 Å². The number of anilines is 1. The number of ether oxygens (including phenoxy) is 1. The molecule has 28 heavy (non-hydrogen) atoms. The topological polar surface area (TPSA) is 38.2 Å².